The molecule has 3 bridgehead atoms. The van der Waals surface area contributed by atoms with E-state index in [2.05, 4.69) is 13.2 Å². The van der Waals surface area contributed by atoms with Crippen molar-refractivity contribution in [2.45, 2.75) is 115 Å². The van der Waals surface area contributed by atoms with Crippen molar-refractivity contribution in [3.63, 3.8) is 0 Å². The Morgan fingerprint density at radius 1 is 0.953 bits per heavy atom. The standard InChI is InChI=1S/C32H38O11/c1-11-15(2)22(35)40-20-14-29(13-12-21(34)41-26(29,7)8)17(4)31-23(39-19(6)33)27(9)16(3)30(28(20,31)10)24(36)38-18(5)32(30,43-31)25(37)42-27/h11,18,20,23H,3-4,12-14H2,1-2,5-10H3/b15-11+/t18-,20+,23-,27+,28-,29+,30+,31+,32?/m1/s1. The number of esters is 5. The molecule has 2 saturated carbocycles. The molecule has 11 heteroatoms. The highest BCUT2D eigenvalue weighted by Crippen LogP contribution is 2.85. The van der Waals surface area contributed by atoms with Crippen molar-refractivity contribution < 1.29 is 52.4 Å². The van der Waals surface area contributed by atoms with Crippen molar-refractivity contribution in [2.24, 2.45) is 16.2 Å². The molecule has 6 aliphatic rings. The molecular formula is C32H38O11. The Balaban J connectivity index is 1.76. The van der Waals surface area contributed by atoms with Gasteiger partial charge in [-0.25, -0.2) is 9.59 Å². The lowest BCUT2D eigenvalue weighted by molar-refractivity contribution is -0.272. The van der Waals surface area contributed by atoms with Gasteiger partial charge in [0.15, 0.2) is 11.7 Å². The van der Waals surface area contributed by atoms with Gasteiger partial charge >= 0.3 is 29.8 Å². The summed E-state index contributed by atoms with van der Waals surface area (Å²) >= 11 is 0. The first kappa shape index (κ1) is 29.6. The van der Waals surface area contributed by atoms with Gasteiger partial charge in [-0.15, -0.1) is 0 Å². The molecule has 232 valence electrons. The Morgan fingerprint density at radius 2 is 1.60 bits per heavy atom. The third-order valence-corrected chi connectivity index (χ3v) is 11.9. The smallest absolute Gasteiger partial charge is 0.345 e. The SMILES string of the molecule is C=C1[C@@]23C(=O)O[C@H](C)C24O[C@@]2(C(=C)[C@]5(CCC(=O)OC5(C)C)C[C@H](OC(=O)/C(C)=C/C)[C@]32C)[C@H](OC(C)=O)[C@@]1(C)OC4=O. The maximum Gasteiger partial charge on any atom is 0.345 e. The summed E-state index contributed by atoms with van der Waals surface area (Å²) in [6, 6.07) is 0. The van der Waals surface area contributed by atoms with Gasteiger partial charge in [-0.3, -0.25) is 14.4 Å². The summed E-state index contributed by atoms with van der Waals surface area (Å²) in [5, 5.41) is 0. The van der Waals surface area contributed by atoms with Gasteiger partial charge in [0, 0.05) is 24.3 Å². The first-order valence-corrected chi connectivity index (χ1v) is 14.6. The fourth-order valence-electron chi connectivity index (χ4n) is 9.62. The van der Waals surface area contributed by atoms with Crippen molar-refractivity contribution >= 4 is 29.8 Å². The van der Waals surface area contributed by atoms with E-state index in [9.17, 15) is 24.0 Å². The van der Waals surface area contributed by atoms with Crippen molar-refractivity contribution in [3.8, 4) is 0 Å². The normalized spacial score (nSPS) is 47.4. The van der Waals surface area contributed by atoms with Crippen LogP contribution in [-0.4, -0.2) is 70.6 Å². The average Bonchev–Trinajstić information content (AvgIpc) is 3.23. The fraction of sp³-hybridized carbons (Fsp3) is 0.656. The molecule has 11 nitrogen and oxygen atoms in total. The second-order valence-corrected chi connectivity index (χ2v) is 13.7. The summed E-state index contributed by atoms with van der Waals surface area (Å²) in [7, 11) is 0. The van der Waals surface area contributed by atoms with Crippen LogP contribution in [0, 0.1) is 16.2 Å². The Morgan fingerprint density at radius 3 is 2.19 bits per heavy atom. The van der Waals surface area contributed by atoms with Crippen molar-refractivity contribution in [3.05, 3.63) is 36.0 Å². The summed E-state index contributed by atoms with van der Waals surface area (Å²) in [6.07, 6.45) is -1.81. The van der Waals surface area contributed by atoms with Gasteiger partial charge < -0.3 is 28.4 Å². The van der Waals surface area contributed by atoms with Crippen LogP contribution < -0.4 is 0 Å². The van der Waals surface area contributed by atoms with E-state index in [1.165, 1.54) is 20.8 Å². The lowest BCUT2D eigenvalue weighted by Crippen LogP contribution is -2.82. The zero-order valence-electron chi connectivity index (χ0n) is 25.8. The molecule has 6 rings (SSSR count). The first-order chi connectivity index (χ1) is 19.8. The highest BCUT2D eigenvalue weighted by atomic mass is 16.7. The molecule has 4 saturated heterocycles. The molecule has 0 N–H and O–H groups in total. The molecule has 4 heterocycles. The quantitative estimate of drug-likeness (QED) is 0.205. The molecule has 0 aromatic carbocycles. The number of allylic oxidation sites excluding steroid dienone is 1. The predicted octanol–water partition coefficient (Wildman–Crippen LogP) is 3.19. The Hall–Kier alpha value is -3.47. The number of fused-ring (bicyclic) bond motifs is 1. The van der Waals surface area contributed by atoms with Crippen molar-refractivity contribution in [2.75, 3.05) is 0 Å². The number of carbonyl (C=O) groups excluding carboxylic acids is 5. The zero-order valence-corrected chi connectivity index (χ0v) is 25.8. The van der Waals surface area contributed by atoms with Crippen LogP contribution in [0.5, 0.6) is 0 Å². The highest BCUT2D eigenvalue weighted by molar-refractivity contribution is 6.03. The van der Waals surface area contributed by atoms with Crippen LogP contribution in [0.15, 0.2) is 36.0 Å². The first-order valence-electron chi connectivity index (χ1n) is 14.6. The van der Waals surface area contributed by atoms with E-state index in [0.717, 1.165) is 0 Å². The maximum atomic E-state index is 14.4. The van der Waals surface area contributed by atoms with Gasteiger partial charge in [0.1, 0.15) is 28.8 Å². The van der Waals surface area contributed by atoms with Crippen LogP contribution in [0.1, 0.15) is 74.7 Å². The van der Waals surface area contributed by atoms with Gasteiger partial charge in [0.05, 0.1) is 5.41 Å². The molecule has 9 atom stereocenters. The molecule has 1 unspecified atom stereocenters. The number of ether oxygens (including phenoxy) is 6. The van der Waals surface area contributed by atoms with Gasteiger partial charge in [-0.1, -0.05) is 26.2 Å². The van der Waals surface area contributed by atoms with Gasteiger partial charge in [0.2, 0.25) is 5.60 Å². The summed E-state index contributed by atoms with van der Waals surface area (Å²) in [4.78, 5) is 67.7. The van der Waals surface area contributed by atoms with E-state index >= 15 is 0 Å². The third-order valence-electron chi connectivity index (χ3n) is 11.9. The minimum Gasteiger partial charge on any atom is -0.459 e. The van der Waals surface area contributed by atoms with E-state index in [1.807, 2.05) is 0 Å². The second kappa shape index (κ2) is 8.16. The zero-order chi connectivity index (χ0) is 31.9. The van der Waals surface area contributed by atoms with Crippen LogP contribution in [0.3, 0.4) is 0 Å². The van der Waals surface area contributed by atoms with E-state index in [1.54, 1.807) is 40.7 Å². The summed E-state index contributed by atoms with van der Waals surface area (Å²) in [5.74, 6) is -3.43. The number of carbonyl (C=O) groups is 5. The number of cyclic esters (lactones) is 2. The minimum absolute atomic E-state index is 0.0240. The molecular weight excluding hydrogens is 560 g/mol. The van der Waals surface area contributed by atoms with Crippen LogP contribution in [-0.2, 0) is 52.4 Å². The van der Waals surface area contributed by atoms with E-state index in [0.29, 0.717) is 11.1 Å². The molecule has 2 spiro atoms. The topological polar surface area (TPSA) is 141 Å². The molecule has 0 radical (unpaired) electrons. The van der Waals surface area contributed by atoms with E-state index in [4.69, 9.17) is 28.4 Å². The Kier molecular flexibility index (Phi) is 5.62. The van der Waals surface area contributed by atoms with E-state index < -0.39 is 86.8 Å². The van der Waals surface area contributed by atoms with Crippen LogP contribution in [0.2, 0.25) is 0 Å². The molecule has 0 aromatic rings. The largest absolute Gasteiger partial charge is 0.459 e. The molecule has 4 aliphatic heterocycles. The second-order valence-electron chi connectivity index (χ2n) is 13.7. The van der Waals surface area contributed by atoms with Crippen molar-refractivity contribution in [1.82, 2.24) is 0 Å². The summed E-state index contributed by atoms with van der Waals surface area (Å²) < 4.78 is 37.3. The summed E-state index contributed by atoms with van der Waals surface area (Å²) in [5.41, 5.74) is -10.8. The lowest BCUT2D eigenvalue weighted by Gasteiger charge is -2.69. The van der Waals surface area contributed by atoms with Crippen LogP contribution in [0.4, 0.5) is 0 Å². The van der Waals surface area contributed by atoms with Crippen LogP contribution >= 0.6 is 0 Å². The Bertz CT molecular complexity index is 1490. The maximum absolute atomic E-state index is 14.4. The molecule has 43 heavy (non-hydrogen) atoms. The van der Waals surface area contributed by atoms with Crippen molar-refractivity contribution in [1.29, 1.82) is 0 Å². The number of hydrogen-bond acceptors (Lipinski definition) is 11. The monoisotopic (exact) mass is 598 g/mol. The molecule has 2 aliphatic carbocycles. The van der Waals surface area contributed by atoms with Gasteiger partial charge in [0.25, 0.3) is 0 Å². The summed E-state index contributed by atoms with van der Waals surface area (Å²) in [6.45, 7) is 21.6. The highest BCUT2D eigenvalue weighted by Gasteiger charge is 3.01. The van der Waals surface area contributed by atoms with Crippen LogP contribution in [0.25, 0.3) is 0 Å². The fourth-order valence-corrected chi connectivity index (χ4v) is 9.62. The molecule has 0 aromatic heterocycles. The third kappa shape index (κ3) is 2.72. The average molecular weight is 599 g/mol. The van der Waals surface area contributed by atoms with Gasteiger partial charge in [-0.05, 0) is 65.5 Å². The number of rotatable bonds is 3. The minimum atomic E-state index is -2.07. The number of hydrogen-bond donors (Lipinski definition) is 0. The van der Waals surface area contributed by atoms with E-state index in [-0.39, 0.29) is 24.8 Å². The molecule has 0 amide bonds. The lowest BCUT2D eigenvalue weighted by atomic mass is 9.34. The Labute approximate surface area is 249 Å². The molecule has 6 fully saturated rings. The predicted molar refractivity (Wildman–Crippen MR) is 147 cm³/mol. The van der Waals surface area contributed by atoms with Gasteiger partial charge in [-0.2, -0.15) is 0 Å².